The number of hydrogen-bond acceptors (Lipinski definition) is 5. The number of rotatable bonds is 30. The molecule has 0 bridgehead atoms. The summed E-state index contributed by atoms with van der Waals surface area (Å²) in [5, 5.41) is 19.1. The van der Waals surface area contributed by atoms with E-state index in [-0.39, 0.29) is 13.2 Å². The van der Waals surface area contributed by atoms with Gasteiger partial charge in [-0.3, -0.25) is 0 Å². The number of allylic oxidation sites excluding steroid dienone is 1. The number of unbranched alkanes of at least 4 members (excludes halogenated alkanes) is 20. The minimum Gasteiger partial charge on any atom is -0.396 e. The Balaban J connectivity index is 3.35. The molecule has 0 rings (SSSR count). The van der Waals surface area contributed by atoms with Gasteiger partial charge in [0.1, 0.15) is 0 Å². The maximum atomic E-state index is 8.86. The molecule has 0 aliphatic rings. The Hall–Kier alpha value is -0.620. The molecule has 35 heavy (non-hydrogen) atoms. The molecule has 0 heterocycles. The first-order chi connectivity index (χ1) is 17.3. The number of nitrogens with zero attached hydrogens (tertiary/aromatic N) is 1. The third-order valence-electron chi connectivity index (χ3n) is 6.49. The Morgan fingerprint density at radius 3 is 1.17 bits per heavy atom. The third-order valence-corrected chi connectivity index (χ3v) is 6.49. The van der Waals surface area contributed by atoms with Crippen LogP contribution in [0, 0.1) is 0 Å². The van der Waals surface area contributed by atoms with Gasteiger partial charge in [-0.1, -0.05) is 135 Å². The summed E-state index contributed by atoms with van der Waals surface area (Å²) in [6, 6.07) is 0. The van der Waals surface area contributed by atoms with Crippen molar-refractivity contribution in [2.45, 2.75) is 155 Å². The maximum absolute atomic E-state index is 8.86. The molecule has 0 aromatic rings. The average Bonchev–Trinajstić information content (AvgIpc) is 2.87. The van der Waals surface area contributed by atoms with Crippen LogP contribution in [-0.2, 0) is 9.68 Å². The van der Waals surface area contributed by atoms with Gasteiger partial charge in [-0.25, -0.2) is 9.68 Å². The molecule has 0 saturated heterocycles. The molecule has 0 unspecified atom stereocenters. The van der Waals surface area contributed by atoms with E-state index in [1.54, 1.807) is 0 Å². The van der Waals surface area contributed by atoms with Crippen molar-refractivity contribution in [2.75, 3.05) is 26.4 Å². The topological polar surface area (TPSA) is 62.2 Å². The van der Waals surface area contributed by atoms with Crippen LogP contribution in [0.1, 0.15) is 155 Å². The zero-order valence-electron chi connectivity index (χ0n) is 23.4. The van der Waals surface area contributed by atoms with E-state index >= 15 is 0 Å². The van der Waals surface area contributed by atoms with Gasteiger partial charge in [-0.15, -0.1) is 5.23 Å². The summed E-state index contributed by atoms with van der Waals surface area (Å²) in [6.45, 7) is 3.33. The van der Waals surface area contributed by atoms with Gasteiger partial charge < -0.3 is 10.2 Å². The maximum Gasteiger partial charge on any atom is 0.0797 e. The van der Waals surface area contributed by atoms with E-state index in [1.807, 2.05) is 6.20 Å². The molecular weight excluding hydrogens is 438 g/mol. The molecule has 0 fully saturated rings. The van der Waals surface area contributed by atoms with Crippen LogP contribution < -0.4 is 0 Å². The van der Waals surface area contributed by atoms with Crippen molar-refractivity contribution in [3.63, 3.8) is 0 Å². The Morgan fingerprint density at radius 1 is 0.486 bits per heavy atom. The predicted molar refractivity (Wildman–Crippen MR) is 149 cm³/mol. The lowest BCUT2D eigenvalue weighted by Gasteiger charge is -2.18. The van der Waals surface area contributed by atoms with E-state index in [0.717, 1.165) is 6.42 Å². The van der Waals surface area contributed by atoms with Gasteiger partial charge in [0, 0.05) is 13.2 Å². The Bertz CT molecular complexity index is 396. The fourth-order valence-electron chi connectivity index (χ4n) is 4.24. The molecular formula is C30H61NO4. The van der Waals surface area contributed by atoms with Crippen LogP contribution in [0.4, 0.5) is 0 Å². The van der Waals surface area contributed by atoms with E-state index in [2.05, 4.69) is 13.0 Å². The molecule has 210 valence electrons. The summed E-state index contributed by atoms with van der Waals surface area (Å²) in [5.74, 6) is 0. The fourth-order valence-corrected chi connectivity index (χ4v) is 4.24. The van der Waals surface area contributed by atoms with Crippen LogP contribution in [0.2, 0.25) is 0 Å². The highest BCUT2D eigenvalue weighted by Gasteiger charge is 2.00. The average molecular weight is 500 g/mol. The highest BCUT2D eigenvalue weighted by Crippen LogP contribution is 2.15. The Kier molecular flexibility index (Phi) is 30.9. The molecule has 0 amide bonds. The predicted octanol–water partition coefficient (Wildman–Crippen LogP) is 8.64. The van der Waals surface area contributed by atoms with E-state index in [9.17, 15) is 0 Å². The summed E-state index contributed by atoms with van der Waals surface area (Å²) < 4.78 is 0. The second-order valence-corrected chi connectivity index (χ2v) is 10.00. The first-order valence-corrected chi connectivity index (χ1v) is 15.3. The Labute approximate surface area is 218 Å². The monoisotopic (exact) mass is 499 g/mol. The van der Waals surface area contributed by atoms with Crippen molar-refractivity contribution in [1.29, 1.82) is 0 Å². The second kappa shape index (κ2) is 31.4. The van der Waals surface area contributed by atoms with Gasteiger partial charge >= 0.3 is 0 Å². The lowest BCUT2D eigenvalue weighted by molar-refractivity contribution is -0.337. The van der Waals surface area contributed by atoms with Crippen molar-refractivity contribution in [3.05, 3.63) is 12.3 Å². The number of aliphatic hydroxyl groups is 2. The zero-order valence-corrected chi connectivity index (χ0v) is 23.4. The molecule has 0 saturated carbocycles. The van der Waals surface area contributed by atoms with Crippen LogP contribution >= 0.6 is 0 Å². The SMILES string of the molecule is CCCCCCCCCCCCCCCCCCCCCCC=CN(OCCCO)OCCCO. The normalized spacial score (nSPS) is 11.6. The van der Waals surface area contributed by atoms with E-state index in [0.29, 0.717) is 26.1 Å². The van der Waals surface area contributed by atoms with Gasteiger partial charge in [-0.2, -0.15) is 0 Å². The first-order valence-electron chi connectivity index (χ1n) is 15.3. The lowest BCUT2D eigenvalue weighted by Crippen LogP contribution is -2.20. The van der Waals surface area contributed by atoms with Gasteiger partial charge in [0.2, 0.25) is 0 Å². The van der Waals surface area contributed by atoms with Crippen molar-refractivity contribution >= 4 is 0 Å². The van der Waals surface area contributed by atoms with Crippen LogP contribution in [0.3, 0.4) is 0 Å². The molecule has 0 radical (unpaired) electrons. The molecule has 0 aromatic carbocycles. The quantitative estimate of drug-likeness (QED) is 0.0764. The van der Waals surface area contributed by atoms with Crippen LogP contribution in [0.25, 0.3) is 0 Å². The van der Waals surface area contributed by atoms with Gasteiger partial charge in [0.05, 0.1) is 19.4 Å². The van der Waals surface area contributed by atoms with Crippen molar-refractivity contribution in [3.8, 4) is 0 Å². The summed E-state index contributed by atoms with van der Waals surface area (Å²) >= 11 is 0. The minimum absolute atomic E-state index is 0.105. The van der Waals surface area contributed by atoms with Crippen molar-refractivity contribution in [1.82, 2.24) is 5.23 Å². The van der Waals surface area contributed by atoms with Gasteiger partial charge in [-0.05, 0) is 25.7 Å². The molecule has 5 heteroatoms. The van der Waals surface area contributed by atoms with E-state index in [1.165, 1.54) is 134 Å². The third kappa shape index (κ3) is 29.5. The summed E-state index contributed by atoms with van der Waals surface area (Å²) in [6.07, 6.45) is 34.2. The van der Waals surface area contributed by atoms with Gasteiger partial charge in [0.25, 0.3) is 0 Å². The highest BCUT2D eigenvalue weighted by atomic mass is 16.9. The van der Waals surface area contributed by atoms with Crippen LogP contribution in [0.5, 0.6) is 0 Å². The molecule has 2 N–H and O–H groups in total. The molecule has 5 nitrogen and oxygen atoms in total. The summed E-state index contributed by atoms with van der Waals surface area (Å²) in [4.78, 5) is 10.9. The lowest BCUT2D eigenvalue weighted by atomic mass is 10.0. The molecule has 0 spiro atoms. The fraction of sp³-hybridized carbons (Fsp3) is 0.933. The standard InChI is InChI=1S/C30H61NO4/c1-2-3-4-5-6-7-8-9-10-11-12-13-14-15-16-17-18-19-20-21-22-23-26-31(34-29-24-27-32)35-30-25-28-33/h23,26,32-33H,2-22,24-25,27-30H2,1H3. The molecule has 0 atom stereocenters. The van der Waals surface area contributed by atoms with Crippen molar-refractivity contribution in [2.24, 2.45) is 0 Å². The first kappa shape index (κ1) is 34.4. The second-order valence-electron chi connectivity index (χ2n) is 10.00. The number of aliphatic hydroxyl groups excluding tert-OH is 2. The summed E-state index contributed by atoms with van der Waals surface area (Å²) in [7, 11) is 0. The van der Waals surface area contributed by atoms with Gasteiger partial charge in [0.15, 0.2) is 0 Å². The molecule has 0 aromatic heterocycles. The number of hydrogen-bond donors (Lipinski definition) is 2. The highest BCUT2D eigenvalue weighted by molar-refractivity contribution is 4.76. The minimum atomic E-state index is 0.105. The summed E-state index contributed by atoms with van der Waals surface area (Å²) in [5.41, 5.74) is 0. The smallest absolute Gasteiger partial charge is 0.0797 e. The van der Waals surface area contributed by atoms with Crippen LogP contribution in [-0.4, -0.2) is 41.9 Å². The molecule has 0 aliphatic heterocycles. The van der Waals surface area contributed by atoms with E-state index < -0.39 is 0 Å². The molecule has 0 aliphatic carbocycles. The van der Waals surface area contributed by atoms with E-state index in [4.69, 9.17) is 19.9 Å². The largest absolute Gasteiger partial charge is 0.396 e. The zero-order chi connectivity index (χ0) is 25.5. The van der Waals surface area contributed by atoms with Crippen LogP contribution in [0.15, 0.2) is 12.3 Å². The number of hydroxylamine groups is 2. The van der Waals surface area contributed by atoms with Crippen molar-refractivity contribution < 1.29 is 19.9 Å². The Morgan fingerprint density at radius 2 is 0.829 bits per heavy atom.